The lowest BCUT2D eigenvalue weighted by Gasteiger charge is -2.25. The van der Waals surface area contributed by atoms with Gasteiger partial charge in [0.25, 0.3) is 5.91 Å². The molecule has 1 N–H and O–H groups in total. The average Bonchev–Trinajstić information content (AvgIpc) is 2.99. The van der Waals surface area contributed by atoms with Crippen molar-refractivity contribution in [2.75, 3.05) is 5.32 Å². The molecule has 22 heavy (non-hydrogen) atoms. The highest BCUT2D eigenvalue weighted by Gasteiger charge is 2.30. The van der Waals surface area contributed by atoms with Gasteiger partial charge < -0.3 is 10.1 Å². The Morgan fingerprint density at radius 2 is 1.95 bits per heavy atom. The van der Waals surface area contributed by atoms with Gasteiger partial charge in [-0.3, -0.25) is 9.78 Å². The van der Waals surface area contributed by atoms with Crippen molar-refractivity contribution < 1.29 is 9.53 Å². The summed E-state index contributed by atoms with van der Waals surface area (Å²) in [5.41, 5.74) is 0.694. The van der Waals surface area contributed by atoms with Gasteiger partial charge in [-0.25, -0.2) is 0 Å². The van der Waals surface area contributed by atoms with Gasteiger partial charge in [0.1, 0.15) is 10.8 Å². The van der Waals surface area contributed by atoms with E-state index in [0.717, 1.165) is 10.8 Å². The summed E-state index contributed by atoms with van der Waals surface area (Å²) in [7, 11) is 0. The van der Waals surface area contributed by atoms with E-state index in [1.807, 2.05) is 42.5 Å². The predicted molar refractivity (Wildman–Crippen MR) is 89.4 cm³/mol. The van der Waals surface area contributed by atoms with Crippen molar-refractivity contribution in [3.63, 3.8) is 0 Å². The number of nitrogens with zero attached hydrogens (tertiary/aromatic N) is 1. The Balaban J connectivity index is 1.78. The SMILES string of the molecule is CC(C)(Oc1ccc2ccccc2c1)C(=O)Nc1cncs1. The largest absolute Gasteiger partial charge is 0.478 e. The topological polar surface area (TPSA) is 51.2 Å². The van der Waals surface area contributed by atoms with Crippen molar-refractivity contribution in [2.24, 2.45) is 0 Å². The zero-order valence-corrected chi connectivity index (χ0v) is 13.2. The highest BCUT2D eigenvalue weighted by atomic mass is 32.1. The van der Waals surface area contributed by atoms with Crippen LogP contribution < -0.4 is 10.1 Å². The fourth-order valence-electron chi connectivity index (χ4n) is 2.11. The first-order chi connectivity index (χ1) is 10.5. The Morgan fingerprint density at radius 1 is 1.18 bits per heavy atom. The first kappa shape index (κ1) is 14.5. The van der Waals surface area contributed by atoms with Crippen molar-refractivity contribution in [3.8, 4) is 5.75 Å². The van der Waals surface area contributed by atoms with E-state index in [2.05, 4.69) is 10.3 Å². The second-order valence-corrected chi connectivity index (χ2v) is 6.33. The van der Waals surface area contributed by atoms with E-state index < -0.39 is 5.60 Å². The van der Waals surface area contributed by atoms with E-state index in [9.17, 15) is 4.79 Å². The summed E-state index contributed by atoms with van der Waals surface area (Å²) in [6.07, 6.45) is 1.62. The minimum absolute atomic E-state index is 0.204. The maximum absolute atomic E-state index is 12.3. The van der Waals surface area contributed by atoms with Crippen molar-refractivity contribution in [1.82, 2.24) is 4.98 Å². The van der Waals surface area contributed by atoms with Crippen LogP contribution in [0.4, 0.5) is 5.00 Å². The smallest absolute Gasteiger partial charge is 0.268 e. The van der Waals surface area contributed by atoms with Gasteiger partial charge in [-0.05, 0) is 36.8 Å². The fourth-order valence-corrected chi connectivity index (χ4v) is 2.62. The molecule has 112 valence electrons. The number of fused-ring (bicyclic) bond motifs is 1. The Hall–Kier alpha value is -2.40. The van der Waals surface area contributed by atoms with Crippen molar-refractivity contribution in [1.29, 1.82) is 0 Å². The highest BCUT2D eigenvalue weighted by molar-refractivity contribution is 7.14. The molecule has 0 aliphatic carbocycles. The zero-order chi connectivity index (χ0) is 15.6. The van der Waals surface area contributed by atoms with Crippen LogP contribution in [0.1, 0.15) is 13.8 Å². The van der Waals surface area contributed by atoms with Crippen molar-refractivity contribution in [3.05, 3.63) is 54.2 Å². The summed E-state index contributed by atoms with van der Waals surface area (Å²) in [4.78, 5) is 16.3. The number of carbonyl (C=O) groups excluding carboxylic acids is 1. The fraction of sp³-hybridized carbons (Fsp3) is 0.176. The highest BCUT2D eigenvalue weighted by Crippen LogP contribution is 2.25. The molecule has 1 heterocycles. The predicted octanol–water partition coefficient (Wildman–Crippen LogP) is 4.09. The number of amides is 1. The molecule has 0 radical (unpaired) electrons. The van der Waals surface area contributed by atoms with E-state index in [4.69, 9.17) is 4.74 Å². The van der Waals surface area contributed by atoms with E-state index in [1.165, 1.54) is 11.3 Å². The number of rotatable bonds is 4. The van der Waals surface area contributed by atoms with Crippen LogP contribution in [0.25, 0.3) is 10.8 Å². The number of ether oxygens (including phenoxy) is 1. The van der Waals surface area contributed by atoms with Gasteiger partial charge >= 0.3 is 0 Å². The van der Waals surface area contributed by atoms with E-state index in [1.54, 1.807) is 25.6 Å². The molecule has 0 saturated carbocycles. The molecule has 3 aromatic rings. The Morgan fingerprint density at radius 3 is 2.68 bits per heavy atom. The molecule has 0 atom stereocenters. The molecule has 0 aliphatic heterocycles. The summed E-state index contributed by atoms with van der Waals surface area (Å²) in [6.45, 7) is 3.50. The van der Waals surface area contributed by atoms with Crippen LogP contribution in [0.3, 0.4) is 0 Å². The van der Waals surface area contributed by atoms with Crippen LogP contribution in [0.15, 0.2) is 54.2 Å². The van der Waals surface area contributed by atoms with Crippen LogP contribution in [0.2, 0.25) is 0 Å². The number of anilines is 1. The number of nitrogens with one attached hydrogen (secondary N) is 1. The lowest BCUT2D eigenvalue weighted by Crippen LogP contribution is -2.42. The van der Waals surface area contributed by atoms with E-state index >= 15 is 0 Å². The van der Waals surface area contributed by atoms with Gasteiger partial charge in [-0.15, -0.1) is 11.3 Å². The molecule has 1 aromatic heterocycles. The lowest BCUT2D eigenvalue weighted by molar-refractivity contribution is -0.128. The molecular weight excluding hydrogens is 296 g/mol. The Labute approximate surface area is 132 Å². The molecule has 0 saturated heterocycles. The van der Waals surface area contributed by atoms with Gasteiger partial charge in [0.2, 0.25) is 0 Å². The summed E-state index contributed by atoms with van der Waals surface area (Å²) >= 11 is 1.38. The van der Waals surface area contributed by atoms with Gasteiger partial charge in [0.15, 0.2) is 5.60 Å². The molecule has 0 fully saturated rings. The van der Waals surface area contributed by atoms with Gasteiger partial charge in [0.05, 0.1) is 11.7 Å². The van der Waals surface area contributed by atoms with Gasteiger partial charge in [0, 0.05) is 0 Å². The van der Waals surface area contributed by atoms with E-state index in [0.29, 0.717) is 10.8 Å². The first-order valence-electron chi connectivity index (χ1n) is 6.92. The molecule has 3 rings (SSSR count). The maximum atomic E-state index is 12.3. The summed E-state index contributed by atoms with van der Waals surface area (Å²) in [6, 6.07) is 13.8. The number of carbonyl (C=O) groups is 1. The Kier molecular flexibility index (Phi) is 3.81. The minimum atomic E-state index is -0.980. The molecule has 0 spiro atoms. The lowest BCUT2D eigenvalue weighted by atomic mass is 10.1. The number of thiazole rings is 1. The molecule has 0 aliphatic rings. The number of hydrogen-bond acceptors (Lipinski definition) is 4. The second-order valence-electron chi connectivity index (χ2n) is 5.44. The normalized spacial score (nSPS) is 11.4. The first-order valence-corrected chi connectivity index (χ1v) is 7.80. The monoisotopic (exact) mass is 312 g/mol. The van der Waals surface area contributed by atoms with Crippen LogP contribution >= 0.6 is 11.3 Å². The van der Waals surface area contributed by atoms with Crippen LogP contribution in [-0.4, -0.2) is 16.5 Å². The molecular formula is C17H16N2O2S. The number of aromatic nitrogens is 1. The average molecular weight is 312 g/mol. The second kappa shape index (κ2) is 5.77. The third-order valence-electron chi connectivity index (χ3n) is 3.31. The quantitative estimate of drug-likeness (QED) is 0.789. The molecule has 4 nitrogen and oxygen atoms in total. The molecule has 0 unspecified atom stereocenters. The minimum Gasteiger partial charge on any atom is -0.478 e. The van der Waals surface area contributed by atoms with Gasteiger partial charge in [-0.1, -0.05) is 30.3 Å². The molecule has 0 bridgehead atoms. The summed E-state index contributed by atoms with van der Waals surface area (Å²) in [5, 5.41) is 5.74. The van der Waals surface area contributed by atoms with E-state index in [-0.39, 0.29) is 5.91 Å². The van der Waals surface area contributed by atoms with Gasteiger partial charge in [-0.2, -0.15) is 0 Å². The number of benzene rings is 2. The van der Waals surface area contributed by atoms with Crippen molar-refractivity contribution >= 4 is 33.0 Å². The van der Waals surface area contributed by atoms with Crippen LogP contribution in [0.5, 0.6) is 5.75 Å². The van der Waals surface area contributed by atoms with Crippen LogP contribution in [-0.2, 0) is 4.79 Å². The Bertz CT molecular complexity index is 797. The third-order valence-corrected chi connectivity index (χ3v) is 4.00. The summed E-state index contributed by atoms with van der Waals surface area (Å²) in [5.74, 6) is 0.466. The summed E-state index contributed by atoms with van der Waals surface area (Å²) < 4.78 is 5.89. The molecule has 1 amide bonds. The zero-order valence-electron chi connectivity index (χ0n) is 12.4. The maximum Gasteiger partial charge on any atom is 0.268 e. The third kappa shape index (κ3) is 3.09. The van der Waals surface area contributed by atoms with Crippen LogP contribution in [0, 0.1) is 0 Å². The molecule has 5 heteroatoms. The standard InChI is InChI=1S/C17H16N2O2S/c1-17(2,16(20)19-15-10-18-11-22-15)21-14-8-7-12-5-3-4-6-13(12)9-14/h3-11H,1-2H3,(H,19,20). The number of hydrogen-bond donors (Lipinski definition) is 1. The molecule has 2 aromatic carbocycles. The van der Waals surface area contributed by atoms with Crippen molar-refractivity contribution in [2.45, 2.75) is 19.4 Å².